The fraction of sp³-hybridized carbons (Fsp3) is 0.364. The molecule has 3 rings (SSSR count). The lowest BCUT2D eigenvalue weighted by Crippen LogP contribution is -2.18. The molecule has 2 heterocycles. The van der Waals surface area contributed by atoms with E-state index in [4.69, 9.17) is 0 Å². The van der Waals surface area contributed by atoms with Crippen LogP contribution in [-0.2, 0) is 6.54 Å². The van der Waals surface area contributed by atoms with Crippen molar-refractivity contribution < 1.29 is 14.7 Å². The number of nitrogens with zero attached hydrogens (tertiary/aromatic N) is 2. The summed E-state index contributed by atoms with van der Waals surface area (Å²) in [5.74, 6) is 0.0263. The SMILES string of the molecule is CC1=CC(=O)c2nc3n(c2C1=O)CCC3O. The van der Waals surface area contributed by atoms with Crippen molar-refractivity contribution in [3.63, 3.8) is 0 Å². The van der Waals surface area contributed by atoms with Crippen LogP contribution >= 0.6 is 0 Å². The molecule has 0 saturated heterocycles. The van der Waals surface area contributed by atoms with Gasteiger partial charge in [0.2, 0.25) is 11.6 Å². The van der Waals surface area contributed by atoms with E-state index < -0.39 is 6.10 Å². The number of rotatable bonds is 0. The van der Waals surface area contributed by atoms with Crippen LogP contribution in [0.1, 0.15) is 46.2 Å². The third-order valence-corrected chi connectivity index (χ3v) is 3.08. The second-order valence-electron chi connectivity index (χ2n) is 4.14. The normalized spacial score (nSPS) is 23.1. The lowest BCUT2D eigenvalue weighted by atomic mass is 9.99. The monoisotopic (exact) mass is 218 g/mol. The highest BCUT2D eigenvalue weighted by Crippen LogP contribution is 2.31. The third kappa shape index (κ3) is 1.01. The maximum Gasteiger partial charge on any atom is 0.207 e. The first-order valence-electron chi connectivity index (χ1n) is 5.15. The standard InChI is InChI=1S/C11H10N2O3/c1-5-4-7(15)8-9(10(5)16)13-3-2-6(14)11(13)12-8/h4,6,14H,2-3H2,1H3. The number of fused-ring (bicyclic) bond motifs is 3. The second-order valence-corrected chi connectivity index (χ2v) is 4.14. The molecule has 0 bridgehead atoms. The molecule has 1 aliphatic heterocycles. The molecular weight excluding hydrogens is 208 g/mol. The van der Waals surface area contributed by atoms with Gasteiger partial charge in [-0.25, -0.2) is 4.98 Å². The molecule has 0 saturated carbocycles. The van der Waals surface area contributed by atoms with Crippen molar-refractivity contribution in [1.29, 1.82) is 0 Å². The number of hydrogen-bond acceptors (Lipinski definition) is 4. The average Bonchev–Trinajstić information content (AvgIpc) is 2.76. The molecule has 1 aromatic rings. The van der Waals surface area contributed by atoms with Crippen molar-refractivity contribution in [2.75, 3.05) is 0 Å². The van der Waals surface area contributed by atoms with E-state index >= 15 is 0 Å². The number of allylic oxidation sites excluding steroid dienone is 2. The Balaban J connectivity index is 2.27. The zero-order chi connectivity index (χ0) is 11.4. The molecule has 82 valence electrons. The van der Waals surface area contributed by atoms with Gasteiger partial charge in [0.25, 0.3) is 0 Å². The molecular formula is C11H10N2O3. The van der Waals surface area contributed by atoms with Gasteiger partial charge in [0.15, 0.2) is 0 Å². The topological polar surface area (TPSA) is 72.2 Å². The molecule has 16 heavy (non-hydrogen) atoms. The highest BCUT2D eigenvalue weighted by Gasteiger charge is 2.35. The molecule has 5 heteroatoms. The fourth-order valence-electron chi connectivity index (χ4n) is 2.25. The Morgan fingerprint density at radius 2 is 2.25 bits per heavy atom. The van der Waals surface area contributed by atoms with Gasteiger partial charge in [0.1, 0.15) is 23.3 Å². The van der Waals surface area contributed by atoms with Gasteiger partial charge in [-0.1, -0.05) is 0 Å². The van der Waals surface area contributed by atoms with Gasteiger partial charge in [-0.05, 0) is 19.4 Å². The summed E-state index contributed by atoms with van der Waals surface area (Å²) in [5.41, 5.74) is 0.961. The Morgan fingerprint density at radius 1 is 1.50 bits per heavy atom. The molecule has 0 spiro atoms. The van der Waals surface area contributed by atoms with Crippen LogP contribution in [-0.4, -0.2) is 26.2 Å². The van der Waals surface area contributed by atoms with Crippen LogP contribution in [0, 0.1) is 0 Å². The lowest BCUT2D eigenvalue weighted by Gasteiger charge is -2.09. The largest absolute Gasteiger partial charge is 0.385 e. The molecule has 1 N–H and O–H groups in total. The quantitative estimate of drug-likeness (QED) is 0.693. The summed E-state index contributed by atoms with van der Waals surface area (Å²) in [4.78, 5) is 27.7. The van der Waals surface area contributed by atoms with Gasteiger partial charge < -0.3 is 9.67 Å². The van der Waals surface area contributed by atoms with Crippen molar-refractivity contribution in [3.05, 3.63) is 28.9 Å². The van der Waals surface area contributed by atoms with Crippen LogP contribution in [0.3, 0.4) is 0 Å². The maximum atomic E-state index is 11.9. The number of aromatic nitrogens is 2. The smallest absolute Gasteiger partial charge is 0.207 e. The van der Waals surface area contributed by atoms with Crippen molar-refractivity contribution in [2.24, 2.45) is 0 Å². The predicted molar refractivity (Wildman–Crippen MR) is 54.2 cm³/mol. The first kappa shape index (κ1) is 9.47. The Morgan fingerprint density at radius 3 is 3.00 bits per heavy atom. The highest BCUT2D eigenvalue weighted by molar-refractivity contribution is 6.22. The van der Waals surface area contributed by atoms with Crippen LogP contribution in [0.4, 0.5) is 0 Å². The molecule has 0 radical (unpaired) electrons. The van der Waals surface area contributed by atoms with Crippen LogP contribution < -0.4 is 0 Å². The number of Topliss-reactive ketones (excluding diaryl/α,β-unsaturated/α-hetero) is 1. The summed E-state index contributed by atoms with van der Waals surface area (Å²) in [6.07, 6.45) is 1.20. The van der Waals surface area contributed by atoms with Crippen LogP contribution in [0.2, 0.25) is 0 Å². The predicted octanol–water partition coefficient (Wildman–Crippen LogP) is 0.645. The van der Waals surface area contributed by atoms with E-state index in [1.807, 2.05) is 0 Å². The van der Waals surface area contributed by atoms with E-state index in [1.165, 1.54) is 6.08 Å². The summed E-state index contributed by atoms with van der Waals surface area (Å²) in [5, 5.41) is 9.65. The molecule has 2 aliphatic rings. The maximum absolute atomic E-state index is 11.9. The van der Waals surface area contributed by atoms with E-state index in [9.17, 15) is 14.7 Å². The van der Waals surface area contributed by atoms with Crippen molar-refractivity contribution in [2.45, 2.75) is 26.0 Å². The van der Waals surface area contributed by atoms with Gasteiger partial charge in [0, 0.05) is 12.1 Å². The Bertz CT molecular complexity index is 554. The number of imidazole rings is 1. The van der Waals surface area contributed by atoms with E-state index in [-0.39, 0.29) is 17.3 Å². The van der Waals surface area contributed by atoms with E-state index in [0.717, 1.165) is 0 Å². The Labute approximate surface area is 91.4 Å². The van der Waals surface area contributed by atoms with Gasteiger partial charge in [0.05, 0.1) is 0 Å². The number of hydrogen-bond donors (Lipinski definition) is 1. The van der Waals surface area contributed by atoms with Gasteiger partial charge in [-0.15, -0.1) is 0 Å². The number of ketones is 2. The molecule has 1 aromatic heterocycles. The summed E-state index contributed by atoms with van der Waals surface area (Å²) in [6.45, 7) is 2.17. The lowest BCUT2D eigenvalue weighted by molar-refractivity contribution is 0.0976. The molecule has 1 unspecified atom stereocenters. The van der Waals surface area contributed by atoms with Gasteiger partial charge in [-0.3, -0.25) is 9.59 Å². The summed E-state index contributed by atoms with van der Waals surface area (Å²) < 4.78 is 1.66. The minimum Gasteiger partial charge on any atom is -0.385 e. The number of carbonyl (C=O) groups is 2. The summed E-state index contributed by atoms with van der Waals surface area (Å²) >= 11 is 0. The molecule has 0 fully saturated rings. The first-order valence-corrected chi connectivity index (χ1v) is 5.15. The van der Waals surface area contributed by atoms with Crippen molar-refractivity contribution >= 4 is 11.6 Å². The Hall–Kier alpha value is -1.75. The number of aliphatic hydroxyl groups excluding tert-OH is 1. The minimum atomic E-state index is -0.661. The minimum absolute atomic E-state index is 0.164. The number of carbonyl (C=O) groups excluding carboxylic acids is 2. The van der Waals surface area contributed by atoms with Crippen LogP contribution in [0.25, 0.3) is 0 Å². The summed E-state index contributed by atoms with van der Waals surface area (Å²) in [6, 6.07) is 0. The van der Waals surface area contributed by atoms with Crippen molar-refractivity contribution in [3.8, 4) is 0 Å². The van der Waals surface area contributed by atoms with Crippen LogP contribution in [0.15, 0.2) is 11.6 Å². The van der Waals surface area contributed by atoms with Gasteiger partial charge in [-0.2, -0.15) is 0 Å². The molecule has 5 nitrogen and oxygen atoms in total. The average molecular weight is 218 g/mol. The highest BCUT2D eigenvalue weighted by atomic mass is 16.3. The zero-order valence-corrected chi connectivity index (χ0v) is 8.73. The molecule has 0 aromatic carbocycles. The molecule has 0 amide bonds. The van der Waals surface area contributed by atoms with Gasteiger partial charge >= 0.3 is 0 Å². The van der Waals surface area contributed by atoms with Crippen molar-refractivity contribution in [1.82, 2.24) is 9.55 Å². The molecule has 1 atom stereocenters. The summed E-state index contributed by atoms with van der Waals surface area (Å²) in [7, 11) is 0. The first-order chi connectivity index (χ1) is 7.59. The van der Waals surface area contributed by atoms with Crippen LogP contribution in [0.5, 0.6) is 0 Å². The zero-order valence-electron chi connectivity index (χ0n) is 8.73. The number of aliphatic hydroxyl groups is 1. The second kappa shape index (κ2) is 2.89. The van der Waals surface area contributed by atoms with E-state index in [1.54, 1.807) is 11.5 Å². The third-order valence-electron chi connectivity index (χ3n) is 3.08. The van der Waals surface area contributed by atoms with E-state index in [2.05, 4.69) is 4.98 Å². The Kier molecular flexibility index (Phi) is 1.71. The van der Waals surface area contributed by atoms with E-state index in [0.29, 0.717) is 30.1 Å². The fourth-order valence-corrected chi connectivity index (χ4v) is 2.25. The molecule has 1 aliphatic carbocycles.